The molecule has 6 heteroatoms. The van der Waals surface area contributed by atoms with E-state index in [0.717, 1.165) is 5.56 Å². The van der Waals surface area contributed by atoms with Gasteiger partial charge in [-0.2, -0.15) is 0 Å². The molecule has 1 fully saturated rings. The molecule has 2 aromatic carbocycles. The highest BCUT2D eigenvalue weighted by molar-refractivity contribution is 6.22. The molecule has 0 spiro atoms. The zero-order chi connectivity index (χ0) is 18.5. The summed E-state index contributed by atoms with van der Waals surface area (Å²) in [5.74, 6) is 0.977. The van der Waals surface area contributed by atoms with E-state index in [1.165, 1.54) is 4.90 Å². The fraction of sp³-hybridized carbons (Fsp3) is 0.300. The van der Waals surface area contributed by atoms with E-state index in [0.29, 0.717) is 30.2 Å². The highest BCUT2D eigenvalue weighted by atomic mass is 16.5. The Kier molecular flexibility index (Phi) is 5.53. The first-order valence-electron chi connectivity index (χ1n) is 8.50. The molecule has 1 N–H and O–H groups in total. The number of imide groups is 1. The van der Waals surface area contributed by atoms with Crippen LogP contribution in [0.25, 0.3) is 0 Å². The number of hydrogen-bond acceptors (Lipinski definition) is 5. The molecule has 2 aromatic rings. The van der Waals surface area contributed by atoms with Gasteiger partial charge in [0, 0.05) is 0 Å². The minimum atomic E-state index is -0.483. The van der Waals surface area contributed by atoms with Gasteiger partial charge < -0.3 is 14.8 Å². The summed E-state index contributed by atoms with van der Waals surface area (Å²) in [5, 5.41) is 3.19. The van der Waals surface area contributed by atoms with Crippen molar-refractivity contribution in [3.8, 4) is 11.5 Å². The number of rotatable bonds is 7. The highest BCUT2D eigenvalue weighted by Gasteiger charge is 2.38. The second kappa shape index (κ2) is 8.01. The zero-order valence-electron chi connectivity index (χ0n) is 14.9. The van der Waals surface area contributed by atoms with Crippen LogP contribution in [-0.2, 0) is 16.0 Å². The van der Waals surface area contributed by atoms with Gasteiger partial charge in [-0.3, -0.25) is 9.59 Å². The number of carbonyl (C=O) groups is 2. The summed E-state index contributed by atoms with van der Waals surface area (Å²) in [7, 11) is 3.20. The normalized spacial score (nSPS) is 16.8. The first-order chi connectivity index (χ1) is 12.6. The van der Waals surface area contributed by atoms with Gasteiger partial charge in [0.05, 0.1) is 32.4 Å². The Morgan fingerprint density at radius 2 is 1.77 bits per heavy atom. The van der Waals surface area contributed by atoms with Crippen molar-refractivity contribution < 1.29 is 19.1 Å². The van der Waals surface area contributed by atoms with E-state index in [9.17, 15) is 9.59 Å². The average molecular weight is 354 g/mol. The predicted octanol–water partition coefficient (Wildman–Crippen LogP) is 2.17. The van der Waals surface area contributed by atoms with E-state index in [1.807, 2.05) is 36.4 Å². The summed E-state index contributed by atoms with van der Waals surface area (Å²) < 4.78 is 10.5. The summed E-state index contributed by atoms with van der Waals surface area (Å²) in [4.78, 5) is 26.0. The Hall–Kier alpha value is -2.86. The molecule has 1 heterocycles. The summed E-state index contributed by atoms with van der Waals surface area (Å²) >= 11 is 0. The minimum Gasteiger partial charge on any atom is -0.493 e. The van der Waals surface area contributed by atoms with Gasteiger partial charge in [-0.1, -0.05) is 24.3 Å². The molecule has 1 saturated heterocycles. The van der Waals surface area contributed by atoms with E-state index in [2.05, 4.69) is 5.32 Å². The number of carbonyl (C=O) groups excluding carboxylic acids is 2. The number of nitrogens with zero attached hydrogens (tertiary/aromatic N) is 1. The first-order valence-corrected chi connectivity index (χ1v) is 8.50. The van der Waals surface area contributed by atoms with E-state index in [1.54, 1.807) is 26.4 Å². The highest BCUT2D eigenvalue weighted by Crippen LogP contribution is 2.27. The van der Waals surface area contributed by atoms with Crippen LogP contribution in [0.5, 0.6) is 11.5 Å². The standard InChI is InChI=1S/C20H22N2O4/c1-25-17-9-8-14(12-18(17)26-2)10-11-21-16-13-19(23)22(20(16)24)15-6-4-3-5-7-15/h3-9,12,16,21H,10-11,13H2,1-2H3/t16-/m1/s1. The van der Waals surface area contributed by atoms with Gasteiger partial charge in [0.1, 0.15) is 0 Å². The maximum atomic E-state index is 12.5. The zero-order valence-corrected chi connectivity index (χ0v) is 14.9. The molecular weight excluding hydrogens is 332 g/mol. The van der Waals surface area contributed by atoms with Crippen molar-refractivity contribution in [3.05, 3.63) is 54.1 Å². The molecule has 1 aliphatic heterocycles. The van der Waals surface area contributed by atoms with Crippen molar-refractivity contribution in [2.45, 2.75) is 18.9 Å². The largest absolute Gasteiger partial charge is 0.493 e. The van der Waals surface area contributed by atoms with E-state index < -0.39 is 6.04 Å². The number of amides is 2. The van der Waals surface area contributed by atoms with Crippen LogP contribution in [0.2, 0.25) is 0 Å². The lowest BCUT2D eigenvalue weighted by atomic mass is 10.1. The molecule has 0 saturated carbocycles. The van der Waals surface area contributed by atoms with Crippen LogP contribution in [-0.4, -0.2) is 38.6 Å². The molecule has 26 heavy (non-hydrogen) atoms. The lowest BCUT2D eigenvalue weighted by molar-refractivity contribution is -0.121. The Morgan fingerprint density at radius 1 is 1.04 bits per heavy atom. The average Bonchev–Trinajstić information content (AvgIpc) is 2.95. The summed E-state index contributed by atoms with van der Waals surface area (Å²) in [6.07, 6.45) is 0.892. The summed E-state index contributed by atoms with van der Waals surface area (Å²) in [6, 6.07) is 14.3. The van der Waals surface area contributed by atoms with Gasteiger partial charge >= 0.3 is 0 Å². The molecule has 1 atom stereocenters. The fourth-order valence-electron chi connectivity index (χ4n) is 3.07. The van der Waals surface area contributed by atoms with Crippen LogP contribution in [0.3, 0.4) is 0 Å². The smallest absolute Gasteiger partial charge is 0.251 e. The van der Waals surface area contributed by atoms with Crippen LogP contribution in [0, 0.1) is 0 Å². The third-order valence-electron chi connectivity index (χ3n) is 4.41. The van der Waals surface area contributed by atoms with Crippen LogP contribution in [0.1, 0.15) is 12.0 Å². The third-order valence-corrected chi connectivity index (χ3v) is 4.41. The molecular formula is C20H22N2O4. The second-order valence-corrected chi connectivity index (χ2v) is 6.05. The third kappa shape index (κ3) is 3.70. The monoisotopic (exact) mass is 354 g/mol. The first kappa shape index (κ1) is 17.9. The van der Waals surface area contributed by atoms with Crippen LogP contribution >= 0.6 is 0 Å². The maximum Gasteiger partial charge on any atom is 0.251 e. The summed E-state index contributed by atoms with van der Waals surface area (Å²) in [6.45, 7) is 0.585. The number of anilines is 1. The molecule has 1 aliphatic rings. The van der Waals surface area contributed by atoms with Gasteiger partial charge in [-0.15, -0.1) is 0 Å². The van der Waals surface area contributed by atoms with Crippen molar-refractivity contribution in [2.24, 2.45) is 0 Å². The van der Waals surface area contributed by atoms with Crippen molar-refractivity contribution in [2.75, 3.05) is 25.7 Å². The lowest BCUT2D eigenvalue weighted by Gasteiger charge is -2.15. The number of para-hydroxylation sites is 1. The lowest BCUT2D eigenvalue weighted by Crippen LogP contribution is -2.39. The summed E-state index contributed by atoms with van der Waals surface area (Å²) in [5.41, 5.74) is 1.68. The molecule has 0 unspecified atom stereocenters. The van der Waals surface area contributed by atoms with Crippen molar-refractivity contribution in [1.82, 2.24) is 5.32 Å². The number of nitrogens with one attached hydrogen (secondary N) is 1. The van der Waals surface area contributed by atoms with Gasteiger partial charge in [0.2, 0.25) is 5.91 Å². The van der Waals surface area contributed by atoms with Crippen molar-refractivity contribution in [1.29, 1.82) is 0 Å². The van der Waals surface area contributed by atoms with Crippen LogP contribution in [0.15, 0.2) is 48.5 Å². The quantitative estimate of drug-likeness (QED) is 0.772. The van der Waals surface area contributed by atoms with Gasteiger partial charge in [-0.25, -0.2) is 4.90 Å². The number of hydrogen-bond donors (Lipinski definition) is 1. The fourth-order valence-corrected chi connectivity index (χ4v) is 3.07. The molecule has 0 bridgehead atoms. The van der Waals surface area contributed by atoms with Gasteiger partial charge in [0.25, 0.3) is 5.91 Å². The number of benzene rings is 2. The van der Waals surface area contributed by atoms with Crippen molar-refractivity contribution >= 4 is 17.5 Å². The van der Waals surface area contributed by atoms with Crippen molar-refractivity contribution in [3.63, 3.8) is 0 Å². The van der Waals surface area contributed by atoms with E-state index >= 15 is 0 Å². The predicted molar refractivity (Wildman–Crippen MR) is 98.6 cm³/mol. The van der Waals surface area contributed by atoms with E-state index in [-0.39, 0.29) is 18.2 Å². The molecule has 3 rings (SSSR count). The second-order valence-electron chi connectivity index (χ2n) is 6.05. The molecule has 0 aromatic heterocycles. The molecule has 136 valence electrons. The molecule has 2 amide bonds. The molecule has 0 radical (unpaired) electrons. The van der Waals surface area contributed by atoms with E-state index in [4.69, 9.17) is 9.47 Å². The molecule has 6 nitrogen and oxygen atoms in total. The Labute approximate surface area is 152 Å². The minimum absolute atomic E-state index is 0.176. The Morgan fingerprint density at radius 3 is 2.46 bits per heavy atom. The van der Waals surface area contributed by atoms with Gasteiger partial charge in [-0.05, 0) is 42.8 Å². The maximum absolute atomic E-state index is 12.5. The van der Waals surface area contributed by atoms with Crippen LogP contribution in [0.4, 0.5) is 5.69 Å². The number of ether oxygens (including phenoxy) is 2. The Bertz CT molecular complexity index is 792. The SMILES string of the molecule is COc1ccc(CCN[C@@H]2CC(=O)N(c3ccccc3)C2=O)cc1OC. The Balaban J connectivity index is 1.59. The molecule has 0 aliphatic carbocycles. The van der Waals surface area contributed by atoms with Crippen LogP contribution < -0.4 is 19.7 Å². The van der Waals surface area contributed by atoms with Gasteiger partial charge in [0.15, 0.2) is 11.5 Å². The number of methoxy groups -OCH3 is 2. The topological polar surface area (TPSA) is 67.9 Å².